The average molecular weight is 397 g/mol. The summed E-state index contributed by atoms with van der Waals surface area (Å²) in [5, 5.41) is 8.94. The summed E-state index contributed by atoms with van der Waals surface area (Å²) < 4.78 is 20.0. The van der Waals surface area contributed by atoms with Crippen molar-refractivity contribution in [1.29, 1.82) is 5.26 Å². The molecule has 2 rings (SSSR count). The smallest absolute Gasteiger partial charge is 0.410 e. The van der Waals surface area contributed by atoms with Gasteiger partial charge >= 0.3 is 6.09 Å². The van der Waals surface area contributed by atoms with Crippen molar-refractivity contribution in [2.24, 2.45) is 5.92 Å². The number of hydrogen-bond donors (Lipinski definition) is 0. The van der Waals surface area contributed by atoms with Crippen LogP contribution in [0.3, 0.4) is 0 Å². The van der Waals surface area contributed by atoms with Gasteiger partial charge in [-0.25, -0.2) is 14.2 Å². The standard InChI is InChI=1S/C19H26ClFN4O2/c1-12(2)8-14-11-24(6-7-25(14)18(26)27-19(3,4)5)17-15(21)9-13(10-22)16(20)23-17/h9,12,14H,6-8,11H2,1-5H3. The van der Waals surface area contributed by atoms with E-state index in [1.807, 2.05) is 26.8 Å². The van der Waals surface area contributed by atoms with E-state index in [4.69, 9.17) is 21.6 Å². The van der Waals surface area contributed by atoms with E-state index in [0.717, 1.165) is 12.5 Å². The van der Waals surface area contributed by atoms with Crippen LogP contribution in [0.4, 0.5) is 15.0 Å². The van der Waals surface area contributed by atoms with E-state index in [0.29, 0.717) is 25.6 Å². The Morgan fingerprint density at radius 3 is 2.70 bits per heavy atom. The van der Waals surface area contributed by atoms with Crippen LogP contribution in [0.15, 0.2) is 6.07 Å². The minimum atomic E-state index is -0.593. The molecule has 1 unspecified atom stereocenters. The summed E-state index contributed by atoms with van der Waals surface area (Å²) in [4.78, 5) is 20.1. The van der Waals surface area contributed by atoms with Gasteiger partial charge in [-0.2, -0.15) is 5.26 Å². The summed E-state index contributed by atoms with van der Waals surface area (Å²) in [5.74, 6) is -0.135. The molecule has 27 heavy (non-hydrogen) atoms. The predicted octanol–water partition coefficient (Wildman–Crippen LogP) is 4.22. The minimum absolute atomic E-state index is 0.00374. The maximum atomic E-state index is 14.5. The molecule has 0 saturated carbocycles. The molecule has 1 amide bonds. The fourth-order valence-electron chi connectivity index (χ4n) is 3.11. The summed E-state index contributed by atoms with van der Waals surface area (Å²) in [6.45, 7) is 10.9. The highest BCUT2D eigenvalue weighted by atomic mass is 35.5. The average Bonchev–Trinajstić information content (AvgIpc) is 2.54. The molecule has 1 aromatic rings. The number of amides is 1. The number of carbonyl (C=O) groups excluding carboxylic acids is 1. The number of pyridine rings is 1. The molecule has 8 heteroatoms. The molecule has 1 fully saturated rings. The Morgan fingerprint density at radius 1 is 1.48 bits per heavy atom. The highest BCUT2D eigenvalue weighted by Crippen LogP contribution is 2.27. The van der Waals surface area contributed by atoms with Gasteiger partial charge in [-0.15, -0.1) is 0 Å². The number of anilines is 1. The van der Waals surface area contributed by atoms with Crippen LogP contribution in [0.25, 0.3) is 0 Å². The van der Waals surface area contributed by atoms with E-state index < -0.39 is 11.4 Å². The van der Waals surface area contributed by atoms with Crippen molar-refractivity contribution in [3.05, 3.63) is 22.6 Å². The Morgan fingerprint density at radius 2 is 2.15 bits per heavy atom. The third-order valence-corrected chi connectivity index (χ3v) is 4.47. The van der Waals surface area contributed by atoms with Crippen LogP contribution in [0.5, 0.6) is 0 Å². The summed E-state index contributed by atoms with van der Waals surface area (Å²) in [6, 6.07) is 2.79. The Bertz CT molecular complexity index is 742. The number of carbonyl (C=O) groups is 1. The molecule has 6 nitrogen and oxygen atoms in total. The highest BCUT2D eigenvalue weighted by molar-refractivity contribution is 6.30. The molecule has 0 spiro atoms. The minimum Gasteiger partial charge on any atom is -0.444 e. The van der Waals surface area contributed by atoms with E-state index in [1.54, 1.807) is 9.80 Å². The molecule has 2 heterocycles. The first-order chi connectivity index (χ1) is 12.5. The number of piperazine rings is 1. The maximum Gasteiger partial charge on any atom is 0.410 e. The predicted molar refractivity (Wildman–Crippen MR) is 102 cm³/mol. The molecule has 0 aromatic carbocycles. The zero-order chi connectivity index (χ0) is 20.4. The molecule has 0 N–H and O–H groups in total. The van der Waals surface area contributed by atoms with Gasteiger partial charge < -0.3 is 14.5 Å². The molecular formula is C19H26ClFN4O2. The molecule has 0 aliphatic carbocycles. The van der Waals surface area contributed by atoms with Crippen molar-refractivity contribution in [3.63, 3.8) is 0 Å². The highest BCUT2D eigenvalue weighted by Gasteiger charge is 2.35. The van der Waals surface area contributed by atoms with Crippen LogP contribution in [-0.4, -0.2) is 47.3 Å². The van der Waals surface area contributed by atoms with E-state index in [2.05, 4.69) is 18.8 Å². The third-order valence-electron chi connectivity index (χ3n) is 4.19. The summed E-state index contributed by atoms with van der Waals surface area (Å²) in [7, 11) is 0. The number of halogens is 2. The molecule has 1 aliphatic rings. The molecular weight excluding hydrogens is 371 g/mol. The van der Waals surface area contributed by atoms with Gasteiger partial charge in [0.1, 0.15) is 16.8 Å². The van der Waals surface area contributed by atoms with Gasteiger partial charge in [0.15, 0.2) is 11.6 Å². The molecule has 0 bridgehead atoms. The van der Waals surface area contributed by atoms with Gasteiger partial charge in [-0.3, -0.25) is 0 Å². The first-order valence-corrected chi connectivity index (χ1v) is 9.40. The zero-order valence-electron chi connectivity index (χ0n) is 16.4. The zero-order valence-corrected chi connectivity index (χ0v) is 17.2. The fourth-order valence-corrected chi connectivity index (χ4v) is 3.29. The fraction of sp³-hybridized carbons (Fsp3) is 0.632. The van der Waals surface area contributed by atoms with Gasteiger partial charge in [0.2, 0.25) is 0 Å². The number of nitrogens with zero attached hydrogens (tertiary/aromatic N) is 4. The Kier molecular flexibility index (Phi) is 6.53. The van der Waals surface area contributed by atoms with Gasteiger partial charge in [-0.05, 0) is 39.2 Å². The van der Waals surface area contributed by atoms with E-state index in [-0.39, 0.29) is 28.7 Å². The van der Waals surface area contributed by atoms with Crippen molar-refractivity contribution in [1.82, 2.24) is 9.88 Å². The number of ether oxygens (including phenoxy) is 1. The van der Waals surface area contributed by atoms with E-state index in [9.17, 15) is 9.18 Å². The lowest BCUT2D eigenvalue weighted by atomic mass is 10.00. The van der Waals surface area contributed by atoms with Gasteiger partial charge in [-0.1, -0.05) is 25.4 Å². The number of nitriles is 1. The lowest BCUT2D eigenvalue weighted by Gasteiger charge is -2.42. The van der Waals surface area contributed by atoms with Gasteiger partial charge in [0.25, 0.3) is 0 Å². The van der Waals surface area contributed by atoms with E-state index in [1.165, 1.54) is 0 Å². The van der Waals surface area contributed by atoms with Crippen LogP contribution >= 0.6 is 11.6 Å². The quantitative estimate of drug-likeness (QED) is 0.715. The lowest BCUT2D eigenvalue weighted by molar-refractivity contribution is 0.0119. The lowest BCUT2D eigenvalue weighted by Crippen LogP contribution is -2.57. The largest absolute Gasteiger partial charge is 0.444 e. The van der Waals surface area contributed by atoms with Crippen LogP contribution in [0, 0.1) is 23.1 Å². The normalized spacial score (nSPS) is 17.8. The second kappa shape index (κ2) is 8.30. The molecule has 148 valence electrons. The first kappa shape index (κ1) is 21.2. The third kappa shape index (κ3) is 5.46. The second-order valence-corrected chi connectivity index (χ2v) is 8.51. The van der Waals surface area contributed by atoms with Crippen LogP contribution in [0.2, 0.25) is 5.15 Å². The maximum absolute atomic E-state index is 14.5. The molecule has 1 aliphatic heterocycles. The molecule has 1 saturated heterocycles. The van der Waals surface area contributed by atoms with E-state index >= 15 is 0 Å². The Labute approximate surface area is 164 Å². The first-order valence-electron chi connectivity index (χ1n) is 9.02. The van der Waals surface area contributed by atoms with Crippen molar-refractivity contribution >= 4 is 23.5 Å². The topological polar surface area (TPSA) is 69.5 Å². The van der Waals surface area contributed by atoms with Gasteiger partial charge in [0.05, 0.1) is 11.6 Å². The van der Waals surface area contributed by atoms with Crippen molar-refractivity contribution < 1.29 is 13.9 Å². The van der Waals surface area contributed by atoms with Gasteiger partial charge in [0, 0.05) is 19.6 Å². The van der Waals surface area contributed by atoms with Crippen LogP contribution < -0.4 is 4.90 Å². The Hall–Kier alpha value is -2.07. The summed E-state index contributed by atoms with van der Waals surface area (Å²) >= 11 is 5.98. The Balaban J connectivity index is 2.24. The number of rotatable bonds is 3. The van der Waals surface area contributed by atoms with Crippen molar-refractivity contribution in [2.75, 3.05) is 24.5 Å². The molecule has 0 radical (unpaired) electrons. The molecule has 1 aromatic heterocycles. The molecule has 1 atom stereocenters. The van der Waals surface area contributed by atoms with Crippen molar-refractivity contribution in [2.45, 2.75) is 52.7 Å². The monoisotopic (exact) mass is 396 g/mol. The SMILES string of the molecule is CC(C)CC1CN(c2nc(Cl)c(C#N)cc2F)CCN1C(=O)OC(C)(C)C. The van der Waals surface area contributed by atoms with Crippen molar-refractivity contribution in [3.8, 4) is 6.07 Å². The number of aromatic nitrogens is 1. The van der Waals surface area contributed by atoms with Crippen LogP contribution in [-0.2, 0) is 4.74 Å². The second-order valence-electron chi connectivity index (χ2n) is 8.15. The summed E-state index contributed by atoms with van der Waals surface area (Å²) in [5.41, 5.74) is -0.575. The summed E-state index contributed by atoms with van der Waals surface area (Å²) in [6.07, 6.45) is 0.389. The van der Waals surface area contributed by atoms with Crippen LogP contribution in [0.1, 0.15) is 46.6 Å². The number of hydrogen-bond acceptors (Lipinski definition) is 5.